The predicted molar refractivity (Wildman–Crippen MR) is 99.9 cm³/mol. The molecule has 2 aromatic rings. The second-order valence-electron chi connectivity index (χ2n) is 6.32. The molecule has 8 heteroatoms. The van der Waals surface area contributed by atoms with Gasteiger partial charge in [-0.1, -0.05) is 12.1 Å². The van der Waals surface area contributed by atoms with Crippen LogP contribution in [0.15, 0.2) is 47.4 Å². The Morgan fingerprint density at radius 1 is 1.26 bits per heavy atom. The van der Waals surface area contributed by atoms with Crippen molar-refractivity contribution in [1.29, 1.82) is 0 Å². The van der Waals surface area contributed by atoms with Crippen LogP contribution < -0.4 is 9.64 Å². The Hall–Kier alpha value is -2.45. The first-order valence-corrected chi connectivity index (χ1v) is 9.99. The fourth-order valence-electron chi connectivity index (χ4n) is 3.01. The second-order valence-corrected chi connectivity index (χ2v) is 8.36. The summed E-state index contributed by atoms with van der Waals surface area (Å²) in [5.41, 5.74) is 1.59. The molecule has 0 spiro atoms. The van der Waals surface area contributed by atoms with Crippen molar-refractivity contribution >= 4 is 21.6 Å². The van der Waals surface area contributed by atoms with Gasteiger partial charge in [0.15, 0.2) is 11.6 Å². The fraction of sp³-hybridized carbons (Fsp3) is 0.316. The van der Waals surface area contributed by atoms with Crippen LogP contribution in [0, 0.1) is 5.82 Å². The molecule has 0 atom stereocenters. The Balaban J connectivity index is 1.69. The Bertz CT molecular complexity index is 962. The van der Waals surface area contributed by atoms with Crippen molar-refractivity contribution in [1.82, 2.24) is 4.31 Å². The first-order chi connectivity index (χ1) is 12.8. The maximum Gasteiger partial charge on any atom is 0.242 e. The maximum atomic E-state index is 13.5. The van der Waals surface area contributed by atoms with E-state index in [2.05, 4.69) is 0 Å². The molecule has 3 rings (SSSR count). The third kappa shape index (κ3) is 3.96. The Morgan fingerprint density at radius 3 is 2.70 bits per heavy atom. The Labute approximate surface area is 158 Å². The number of amides is 1. The molecule has 1 heterocycles. The van der Waals surface area contributed by atoms with Crippen molar-refractivity contribution in [3.8, 4) is 5.75 Å². The van der Waals surface area contributed by atoms with Gasteiger partial charge in [0, 0.05) is 32.7 Å². The van der Waals surface area contributed by atoms with Crippen LogP contribution in [0.5, 0.6) is 5.75 Å². The number of carbonyl (C=O) groups excluding carboxylic acids is 1. The zero-order chi connectivity index (χ0) is 19.6. The molecule has 0 bridgehead atoms. The molecule has 1 aliphatic heterocycles. The van der Waals surface area contributed by atoms with Gasteiger partial charge in [-0.05, 0) is 42.3 Å². The third-order valence-electron chi connectivity index (χ3n) is 4.54. The monoisotopic (exact) mass is 392 g/mol. The van der Waals surface area contributed by atoms with E-state index in [0.29, 0.717) is 13.0 Å². The lowest BCUT2D eigenvalue weighted by Gasteiger charge is -2.19. The van der Waals surface area contributed by atoms with Crippen molar-refractivity contribution in [2.45, 2.75) is 18.2 Å². The Morgan fingerprint density at radius 2 is 2.00 bits per heavy atom. The van der Waals surface area contributed by atoms with E-state index < -0.39 is 15.8 Å². The average Bonchev–Trinajstić information content (AvgIpc) is 3.06. The van der Waals surface area contributed by atoms with Crippen LogP contribution in [0.1, 0.15) is 12.5 Å². The summed E-state index contributed by atoms with van der Waals surface area (Å²) >= 11 is 0. The summed E-state index contributed by atoms with van der Waals surface area (Å²) in [5, 5.41) is 0. The van der Waals surface area contributed by atoms with E-state index in [-0.39, 0.29) is 29.7 Å². The van der Waals surface area contributed by atoms with Gasteiger partial charge in [0.05, 0.1) is 4.90 Å². The van der Waals surface area contributed by atoms with Crippen molar-refractivity contribution in [2.24, 2.45) is 0 Å². The predicted octanol–water partition coefficient (Wildman–Crippen LogP) is 2.43. The summed E-state index contributed by atoms with van der Waals surface area (Å²) in [5.74, 6) is -0.464. The van der Waals surface area contributed by atoms with Crippen LogP contribution >= 0.6 is 0 Å². The molecule has 2 aromatic carbocycles. The molecule has 0 aliphatic carbocycles. The van der Waals surface area contributed by atoms with Crippen molar-refractivity contribution in [3.05, 3.63) is 53.8 Å². The molecule has 27 heavy (non-hydrogen) atoms. The van der Waals surface area contributed by atoms with Crippen LogP contribution in [-0.2, 0) is 21.2 Å². The number of halogens is 1. The number of likely N-dealkylation sites (N-methyl/N-ethyl adjacent to an activating group) is 1. The highest BCUT2D eigenvalue weighted by Crippen LogP contribution is 2.31. The minimum atomic E-state index is -3.71. The normalized spacial score (nSPS) is 13.7. The number of rotatable bonds is 6. The lowest BCUT2D eigenvalue weighted by atomic mass is 10.2. The van der Waals surface area contributed by atoms with Crippen LogP contribution in [0.2, 0.25) is 0 Å². The number of hydrogen-bond donors (Lipinski definition) is 0. The number of carbonyl (C=O) groups is 1. The topological polar surface area (TPSA) is 66.9 Å². The molecule has 144 valence electrons. The van der Waals surface area contributed by atoms with Crippen LogP contribution in [0.3, 0.4) is 0 Å². The number of benzene rings is 2. The summed E-state index contributed by atoms with van der Waals surface area (Å²) in [6.07, 6.45) is 0.623. The fourth-order valence-corrected chi connectivity index (χ4v) is 4.22. The van der Waals surface area contributed by atoms with Gasteiger partial charge in [0.25, 0.3) is 0 Å². The number of sulfonamides is 1. The van der Waals surface area contributed by atoms with Crippen molar-refractivity contribution in [2.75, 3.05) is 31.6 Å². The molecule has 0 unspecified atom stereocenters. The van der Waals surface area contributed by atoms with E-state index in [9.17, 15) is 17.6 Å². The van der Waals surface area contributed by atoms with Crippen LogP contribution in [0.25, 0.3) is 0 Å². The summed E-state index contributed by atoms with van der Waals surface area (Å²) in [6, 6.07) is 10.8. The lowest BCUT2D eigenvalue weighted by molar-refractivity contribution is -0.116. The highest BCUT2D eigenvalue weighted by atomic mass is 32.2. The largest absolute Gasteiger partial charge is 0.489 e. The van der Waals surface area contributed by atoms with Gasteiger partial charge in [-0.2, -0.15) is 4.31 Å². The van der Waals surface area contributed by atoms with Gasteiger partial charge in [0.2, 0.25) is 15.9 Å². The van der Waals surface area contributed by atoms with E-state index in [1.165, 1.54) is 36.5 Å². The molecule has 0 fully saturated rings. The molecular formula is C19H21FN2O4S. The minimum absolute atomic E-state index is 0.0275. The number of anilines is 1. The second kappa shape index (κ2) is 7.66. The summed E-state index contributed by atoms with van der Waals surface area (Å²) < 4.78 is 45.6. The quantitative estimate of drug-likeness (QED) is 0.757. The summed E-state index contributed by atoms with van der Waals surface area (Å²) in [7, 11) is -2.25. The van der Waals surface area contributed by atoms with Gasteiger partial charge in [-0.3, -0.25) is 4.79 Å². The van der Waals surface area contributed by atoms with Gasteiger partial charge in [-0.25, -0.2) is 12.8 Å². The molecule has 0 radical (unpaired) electrons. The van der Waals surface area contributed by atoms with Crippen LogP contribution in [0.4, 0.5) is 10.1 Å². The van der Waals surface area contributed by atoms with E-state index in [0.717, 1.165) is 11.3 Å². The Kier molecular flexibility index (Phi) is 5.48. The highest BCUT2D eigenvalue weighted by molar-refractivity contribution is 7.89. The number of hydrogen-bond acceptors (Lipinski definition) is 4. The molecule has 0 saturated heterocycles. The first-order valence-electron chi connectivity index (χ1n) is 8.55. The smallest absolute Gasteiger partial charge is 0.242 e. The number of ether oxygens (including phenoxy) is 1. The SMILES string of the molecule is CC(=O)N1CCc2cc(S(=O)(=O)N(C)CCOc3ccccc3F)ccc21. The van der Waals surface area contributed by atoms with Gasteiger partial charge in [0.1, 0.15) is 6.61 Å². The number of para-hydroxylation sites is 1. The summed E-state index contributed by atoms with van der Waals surface area (Å²) in [4.78, 5) is 13.4. The first kappa shape index (κ1) is 19.3. The van der Waals surface area contributed by atoms with E-state index >= 15 is 0 Å². The zero-order valence-electron chi connectivity index (χ0n) is 15.2. The number of nitrogens with zero attached hydrogens (tertiary/aromatic N) is 2. The summed E-state index contributed by atoms with van der Waals surface area (Å²) in [6.45, 7) is 2.15. The lowest BCUT2D eigenvalue weighted by Crippen LogP contribution is -2.31. The van der Waals surface area contributed by atoms with Gasteiger partial charge < -0.3 is 9.64 Å². The molecule has 1 amide bonds. The molecule has 6 nitrogen and oxygen atoms in total. The van der Waals surface area contributed by atoms with E-state index in [1.54, 1.807) is 29.2 Å². The molecular weight excluding hydrogens is 371 g/mol. The third-order valence-corrected chi connectivity index (χ3v) is 6.39. The van der Waals surface area contributed by atoms with Crippen molar-refractivity contribution in [3.63, 3.8) is 0 Å². The minimum Gasteiger partial charge on any atom is -0.489 e. The van der Waals surface area contributed by atoms with E-state index in [4.69, 9.17) is 4.74 Å². The molecule has 1 aliphatic rings. The molecule has 0 saturated carbocycles. The number of fused-ring (bicyclic) bond motifs is 1. The molecule has 0 N–H and O–H groups in total. The van der Waals surface area contributed by atoms with Crippen LogP contribution in [-0.4, -0.2) is 45.4 Å². The van der Waals surface area contributed by atoms with Gasteiger partial charge >= 0.3 is 0 Å². The zero-order valence-corrected chi connectivity index (χ0v) is 16.0. The maximum absolute atomic E-state index is 13.5. The van der Waals surface area contributed by atoms with E-state index in [1.807, 2.05) is 0 Å². The molecule has 0 aromatic heterocycles. The highest BCUT2D eigenvalue weighted by Gasteiger charge is 2.26. The standard InChI is InChI=1S/C19H21FN2O4S/c1-14(23)22-10-9-15-13-16(7-8-18(15)22)27(24,25)21(2)11-12-26-19-6-4-3-5-17(19)20/h3-8,13H,9-12H2,1-2H3. The average molecular weight is 392 g/mol. The van der Waals surface area contributed by atoms with Gasteiger partial charge in [-0.15, -0.1) is 0 Å². The van der Waals surface area contributed by atoms with Crippen molar-refractivity contribution < 1.29 is 22.3 Å².